The molecule has 0 bridgehead atoms. The van der Waals surface area contributed by atoms with Crippen LogP contribution in [0.5, 0.6) is 10.8 Å². The maximum atomic E-state index is 13.9. The summed E-state index contributed by atoms with van der Waals surface area (Å²) >= 11 is 4.80. The van der Waals surface area contributed by atoms with Gasteiger partial charge in [0.1, 0.15) is 5.75 Å². The fourth-order valence-corrected chi connectivity index (χ4v) is 7.50. The Kier molecular flexibility index (Phi) is 11.4. The lowest BCUT2D eigenvalue weighted by atomic mass is 9.82. The Labute approximate surface area is 258 Å². The van der Waals surface area contributed by atoms with Gasteiger partial charge in [0.05, 0.1) is 41.5 Å². The molecule has 1 saturated heterocycles. The number of alkyl halides is 2. The first-order valence-corrected chi connectivity index (χ1v) is 15.9. The third-order valence-electron chi connectivity index (χ3n) is 7.91. The maximum Gasteiger partial charge on any atom is 0.337 e. The Balaban J connectivity index is 1.60. The van der Waals surface area contributed by atoms with E-state index in [4.69, 9.17) is 14.2 Å². The van der Waals surface area contributed by atoms with E-state index in [9.17, 15) is 23.5 Å². The van der Waals surface area contributed by atoms with Crippen molar-refractivity contribution < 1.29 is 37.7 Å². The highest BCUT2D eigenvalue weighted by molar-refractivity contribution is 9.10. The number of benzene rings is 1. The average molecular weight is 674 g/mol. The van der Waals surface area contributed by atoms with E-state index in [0.29, 0.717) is 35.0 Å². The minimum atomic E-state index is -2.68. The first-order valence-electron chi connectivity index (χ1n) is 14.3. The maximum absolute atomic E-state index is 13.9. The Morgan fingerprint density at radius 3 is 2.48 bits per heavy atom. The number of rotatable bonds is 12. The number of piperidine rings is 1. The van der Waals surface area contributed by atoms with E-state index < -0.39 is 17.9 Å². The van der Waals surface area contributed by atoms with Crippen LogP contribution in [0.4, 0.5) is 14.5 Å². The van der Waals surface area contributed by atoms with Crippen LogP contribution in [0.2, 0.25) is 0 Å². The van der Waals surface area contributed by atoms with Crippen molar-refractivity contribution in [3.8, 4) is 10.8 Å². The predicted molar refractivity (Wildman–Crippen MR) is 161 cm³/mol. The van der Waals surface area contributed by atoms with Gasteiger partial charge in [-0.3, -0.25) is 9.69 Å². The molecule has 1 N–H and O–H groups in total. The van der Waals surface area contributed by atoms with Crippen LogP contribution in [0.1, 0.15) is 60.7 Å². The van der Waals surface area contributed by atoms with Crippen molar-refractivity contribution in [1.29, 1.82) is 0 Å². The van der Waals surface area contributed by atoms with E-state index in [0.717, 1.165) is 30.6 Å². The van der Waals surface area contributed by atoms with Crippen LogP contribution >= 0.6 is 27.3 Å². The number of aromatic carboxylic acids is 1. The fraction of sp³-hybridized carbons (Fsp3) is 0.600. The molecule has 42 heavy (non-hydrogen) atoms. The summed E-state index contributed by atoms with van der Waals surface area (Å²) in [6, 6.07) is 5.96. The molecule has 4 rings (SSSR count). The standard InChI is InChI=1S/C30H39BrF2N2O6S/c1-19-5-7-20(8-6-19)27(36)35(21(16-39-2)17-40-3)26-10-9-22(13-24(26)28(37)38)41-29-25(31)14-23(42-29)15-34-12-4-11-30(32,33)18-34/h9-10,13-14,19-21H,4-8,11-12,15-18H2,1-3H3,(H,37,38)/t19-,20-. The Morgan fingerprint density at radius 2 is 1.86 bits per heavy atom. The fourth-order valence-electron chi connectivity index (χ4n) is 5.80. The zero-order chi connectivity index (χ0) is 30.4. The summed E-state index contributed by atoms with van der Waals surface area (Å²) in [4.78, 5) is 30.6. The second kappa shape index (κ2) is 14.6. The Hall–Kier alpha value is -2.12. The van der Waals surface area contributed by atoms with Gasteiger partial charge in [-0.2, -0.15) is 0 Å². The van der Waals surface area contributed by atoms with Gasteiger partial charge in [0, 0.05) is 38.0 Å². The molecule has 2 heterocycles. The average Bonchev–Trinajstić information content (AvgIpc) is 3.27. The highest BCUT2D eigenvalue weighted by atomic mass is 79.9. The van der Waals surface area contributed by atoms with Crippen LogP contribution in [-0.2, 0) is 20.8 Å². The van der Waals surface area contributed by atoms with Gasteiger partial charge in [-0.15, -0.1) is 11.3 Å². The first kappa shape index (κ1) is 32.8. The summed E-state index contributed by atoms with van der Waals surface area (Å²) in [7, 11) is 3.07. The van der Waals surface area contributed by atoms with E-state index in [2.05, 4.69) is 22.9 Å². The minimum absolute atomic E-state index is 0.0781. The van der Waals surface area contributed by atoms with Crippen LogP contribution < -0.4 is 9.64 Å². The smallest absolute Gasteiger partial charge is 0.337 e. The van der Waals surface area contributed by atoms with Crippen molar-refractivity contribution in [2.24, 2.45) is 11.8 Å². The number of halogens is 3. The molecule has 0 unspecified atom stereocenters. The SMILES string of the molecule is COCC(COC)N(c1ccc(Oc2sc(CN3CCCC(F)(F)C3)cc2Br)cc1C(=O)O)C(=O)[C@H]1CC[C@H](C)CC1. The van der Waals surface area contributed by atoms with E-state index in [-0.39, 0.29) is 55.0 Å². The zero-order valence-electron chi connectivity index (χ0n) is 24.2. The molecule has 232 valence electrons. The van der Waals surface area contributed by atoms with Crippen molar-refractivity contribution in [1.82, 2.24) is 4.90 Å². The third-order valence-corrected chi connectivity index (χ3v) is 9.76. The van der Waals surface area contributed by atoms with Gasteiger partial charge >= 0.3 is 5.97 Å². The topological polar surface area (TPSA) is 88.5 Å². The largest absolute Gasteiger partial charge is 0.478 e. The van der Waals surface area contributed by atoms with Crippen molar-refractivity contribution in [2.75, 3.05) is 45.4 Å². The number of thiophene rings is 1. The zero-order valence-corrected chi connectivity index (χ0v) is 26.6. The van der Waals surface area contributed by atoms with E-state index >= 15 is 0 Å². The molecule has 1 aliphatic carbocycles. The number of anilines is 1. The van der Waals surface area contributed by atoms with E-state index in [1.807, 2.05) is 6.07 Å². The number of nitrogens with zero attached hydrogens (tertiary/aromatic N) is 2. The van der Waals surface area contributed by atoms with E-state index in [1.54, 1.807) is 17.0 Å². The van der Waals surface area contributed by atoms with E-state index in [1.165, 1.54) is 36.5 Å². The molecule has 12 heteroatoms. The lowest BCUT2D eigenvalue weighted by Gasteiger charge is -2.36. The molecular weight excluding hydrogens is 634 g/mol. The summed E-state index contributed by atoms with van der Waals surface area (Å²) < 4.78 is 45.3. The monoisotopic (exact) mass is 672 g/mol. The number of methoxy groups -OCH3 is 2. The number of carboxylic acid groups (broad SMARTS) is 1. The molecule has 0 radical (unpaired) electrons. The minimum Gasteiger partial charge on any atom is -0.478 e. The summed E-state index contributed by atoms with van der Waals surface area (Å²) in [5.74, 6) is -3.39. The van der Waals surface area contributed by atoms with Crippen molar-refractivity contribution in [3.05, 3.63) is 39.2 Å². The normalized spacial score (nSPS) is 20.9. The molecule has 0 spiro atoms. The van der Waals surface area contributed by atoms with Crippen LogP contribution in [0, 0.1) is 11.8 Å². The number of carbonyl (C=O) groups excluding carboxylic acids is 1. The van der Waals surface area contributed by atoms with Gasteiger partial charge in [0.25, 0.3) is 5.92 Å². The van der Waals surface area contributed by atoms with Gasteiger partial charge in [0.15, 0.2) is 5.06 Å². The highest BCUT2D eigenvalue weighted by Crippen LogP contribution is 2.41. The predicted octanol–water partition coefficient (Wildman–Crippen LogP) is 7.05. The quantitative estimate of drug-likeness (QED) is 0.258. The van der Waals surface area contributed by atoms with Crippen LogP contribution in [0.25, 0.3) is 0 Å². The number of hydrogen-bond donors (Lipinski definition) is 1. The molecule has 1 saturated carbocycles. The second-order valence-electron chi connectivity index (χ2n) is 11.3. The number of likely N-dealkylation sites (tertiary alicyclic amines) is 1. The summed E-state index contributed by atoms with van der Waals surface area (Å²) in [5.41, 5.74) is 0.181. The summed E-state index contributed by atoms with van der Waals surface area (Å²) in [6.07, 6.45) is 3.74. The molecule has 2 aliphatic rings. The molecule has 2 fully saturated rings. The van der Waals surface area contributed by atoms with Crippen LogP contribution in [0.3, 0.4) is 0 Å². The number of hydrogen-bond acceptors (Lipinski definition) is 7. The van der Waals surface area contributed by atoms with Gasteiger partial charge in [-0.05, 0) is 84.8 Å². The van der Waals surface area contributed by atoms with Crippen molar-refractivity contribution in [2.45, 2.75) is 64.0 Å². The molecule has 1 aromatic heterocycles. The second-order valence-corrected chi connectivity index (χ2v) is 13.3. The van der Waals surface area contributed by atoms with Crippen LogP contribution in [0.15, 0.2) is 28.7 Å². The number of carboxylic acids is 1. The lowest BCUT2D eigenvalue weighted by molar-refractivity contribution is -0.124. The summed E-state index contributed by atoms with van der Waals surface area (Å²) in [5, 5.41) is 10.7. The molecule has 0 atom stereocenters. The highest BCUT2D eigenvalue weighted by Gasteiger charge is 2.36. The molecule has 1 amide bonds. The number of ether oxygens (including phenoxy) is 3. The van der Waals surface area contributed by atoms with Crippen molar-refractivity contribution >= 4 is 44.8 Å². The molecular formula is C30H39BrF2N2O6S. The first-order chi connectivity index (χ1) is 20.0. The number of carbonyl (C=O) groups is 2. The molecule has 1 aliphatic heterocycles. The third kappa shape index (κ3) is 8.28. The van der Waals surface area contributed by atoms with Gasteiger partial charge in [0.2, 0.25) is 5.91 Å². The van der Waals surface area contributed by atoms with Gasteiger partial charge in [-0.25, -0.2) is 13.6 Å². The lowest BCUT2D eigenvalue weighted by Crippen LogP contribution is -2.49. The molecule has 8 nitrogen and oxygen atoms in total. The van der Waals surface area contributed by atoms with Gasteiger partial charge in [-0.1, -0.05) is 6.92 Å². The van der Waals surface area contributed by atoms with Gasteiger partial charge < -0.3 is 24.2 Å². The van der Waals surface area contributed by atoms with Crippen LogP contribution in [-0.4, -0.2) is 74.4 Å². The Morgan fingerprint density at radius 1 is 1.17 bits per heavy atom. The molecule has 1 aromatic carbocycles. The van der Waals surface area contributed by atoms with Crippen molar-refractivity contribution in [3.63, 3.8) is 0 Å². The Bertz CT molecular complexity index is 1230. The molecule has 2 aromatic rings. The number of amides is 1. The summed E-state index contributed by atoms with van der Waals surface area (Å²) in [6.45, 7) is 3.23.